The number of benzene rings is 3. The molecule has 3 aromatic rings. The van der Waals surface area contributed by atoms with E-state index in [9.17, 15) is 18.5 Å². The van der Waals surface area contributed by atoms with E-state index >= 15 is 0 Å². The fourth-order valence-electron chi connectivity index (χ4n) is 3.51. The first-order chi connectivity index (χ1) is 15.8. The van der Waals surface area contributed by atoms with Gasteiger partial charge in [-0.15, -0.1) is 0 Å². The summed E-state index contributed by atoms with van der Waals surface area (Å²) in [6, 6.07) is 14.6. The van der Waals surface area contributed by atoms with Crippen molar-refractivity contribution in [2.24, 2.45) is 0 Å². The number of carbonyl (C=O) groups is 1. The average Bonchev–Trinajstić information content (AvgIpc) is 2.81. The van der Waals surface area contributed by atoms with Crippen LogP contribution in [0.4, 0.5) is 5.69 Å². The van der Waals surface area contributed by atoms with Crippen molar-refractivity contribution >= 4 is 37.6 Å². The second-order valence-electron chi connectivity index (χ2n) is 7.07. The molecule has 1 heterocycles. The first kappa shape index (κ1) is 22.6. The largest absolute Gasteiger partial charge is 0.495 e. The number of fused-ring (bicyclic) bond motifs is 6. The zero-order chi connectivity index (χ0) is 23.8. The molecule has 1 aliphatic rings. The van der Waals surface area contributed by atoms with E-state index in [1.165, 1.54) is 26.4 Å². The van der Waals surface area contributed by atoms with Crippen LogP contribution in [-0.2, 0) is 21.4 Å². The highest BCUT2D eigenvalue weighted by atomic mass is 79.9. The summed E-state index contributed by atoms with van der Waals surface area (Å²) in [5.41, 5.74) is 2.48. The van der Waals surface area contributed by atoms with E-state index < -0.39 is 16.0 Å². The Bertz CT molecular complexity index is 1430. The van der Waals surface area contributed by atoms with Crippen LogP contribution in [0.25, 0.3) is 11.1 Å². The third-order valence-corrected chi connectivity index (χ3v) is 7.05. The number of hydrogen-bond acceptors (Lipinski definition) is 7. The molecular weight excluding hydrogens is 512 g/mol. The number of nitriles is 1. The third kappa shape index (κ3) is 4.25. The van der Waals surface area contributed by atoms with Crippen LogP contribution in [0.1, 0.15) is 21.5 Å². The zero-order valence-electron chi connectivity index (χ0n) is 17.5. The predicted molar refractivity (Wildman–Crippen MR) is 124 cm³/mol. The molecule has 0 aliphatic carbocycles. The number of carbonyl (C=O) groups excluding carboxylic acids is 1. The van der Waals surface area contributed by atoms with E-state index in [2.05, 4.69) is 26.7 Å². The number of cyclic esters (lactones) is 1. The van der Waals surface area contributed by atoms with Crippen molar-refractivity contribution in [2.75, 3.05) is 18.9 Å². The number of ether oxygens (including phenoxy) is 3. The van der Waals surface area contributed by atoms with E-state index in [0.717, 1.165) is 0 Å². The first-order valence-corrected chi connectivity index (χ1v) is 11.8. The van der Waals surface area contributed by atoms with Crippen LogP contribution in [0.15, 0.2) is 57.9 Å². The summed E-state index contributed by atoms with van der Waals surface area (Å²) in [6.07, 6.45) is 0. The van der Waals surface area contributed by atoms with E-state index in [1.54, 1.807) is 36.4 Å². The molecule has 0 spiro atoms. The van der Waals surface area contributed by atoms with Crippen molar-refractivity contribution < 1.29 is 27.4 Å². The Morgan fingerprint density at radius 3 is 2.55 bits per heavy atom. The summed E-state index contributed by atoms with van der Waals surface area (Å²) in [5, 5.41) is 9.35. The van der Waals surface area contributed by atoms with Gasteiger partial charge in [-0.2, -0.15) is 5.26 Å². The molecule has 8 nitrogen and oxygen atoms in total. The lowest BCUT2D eigenvalue weighted by Crippen LogP contribution is -2.16. The molecule has 0 saturated carbocycles. The molecule has 10 heteroatoms. The number of halogens is 1. The summed E-state index contributed by atoms with van der Waals surface area (Å²) in [5.74, 6) is -0.392. The van der Waals surface area contributed by atoms with Crippen LogP contribution < -0.4 is 14.2 Å². The molecule has 3 aromatic carbocycles. The van der Waals surface area contributed by atoms with Crippen LogP contribution in [0.3, 0.4) is 0 Å². The van der Waals surface area contributed by atoms with Gasteiger partial charge in [0.25, 0.3) is 10.0 Å². The Hall–Kier alpha value is -3.55. The average molecular weight is 529 g/mol. The number of nitrogens with one attached hydrogen (secondary N) is 1. The van der Waals surface area contributed by atoms with Gasteiger partial charge >= 0.3 is 5.97 Å². The number of rotatable bonds is 2. The summed E-state index contributed by atoms with van der Waals surface area (Å²) < 4.78 is 45.7. The quantitative estimate of drug-likeness (QED) is 0.487. The SMILES string of the molecule is COc1ccc2cc1NS(=O)(=O)c1cc(cc(Br)c1OC)C(=O)OCc1ccc(C#N)cc1-2. The Morgan fingerprint density at radius 2 is 1.85 bits per heavy atom. The highest BCUT2D eigenvalue weighted by molar-refractivity contribution is 9.10. The molecule has 0 radical (unpaired) electrons. The Balaban J connectivity index is 2.01. The molecule has 4 bridgehead atoms. The number of methoxy groups -OCH3 is 2. The Labute approximate surface area is 198 Å². The molecule has 0 fully saturated rings. The molecule has 4 rings (SSSR count). The van der Waals surface area contributed by atoms with Gasteiger partial charge in [-0.25, -0.2) is 13.2 Å². The molecule has 0 unspecified atom stereocenters. The van der Waals surface area contributed by atoms with Gasteiger partial charge < -0.3 is 14.2 Å². The van der Waals surface area contributed by atoms with Crippen molar-refractivity contribution in [3.63, 3.8) is 0 Å². The van der Waals surface area contributed by atoms with Gasteiger partial charge in [0.15, 0.2) is 5.75 Å². The van der Waals surface area contributed by atoms with Gasteiger partial charge in [0.2, 0.25) is 0 Å². The molecule has 168 valence electrons. The zero-order valence-corrected chi connectivity index (χ0v) is 19.9. The lowest BCUT2D eigenvalue weighted by molar-refractivity contribution is 0.0473. The molecule has 0 atom stereocenters. The van der Waals surface area contributed by atoms with Gasteiger partial charge in [-0.1, -0.05) is 12.1 Å². The monoisotopic (exact) mass is 528 g/mol. The third-order valence-electron chi connectivity index (χ3n) is 5.09. The maximum absolute atomic E-state index is 13.4. The van der Waals surface area contributed by atoms with E-state index in [0.29, 0.717) is 22.3 Å². The number of esters is 1. The van der Waals surface area contributed by atoms with Crippen molar-refractivity contribution in [1.82, 2.24) is 0 Å². The number of hydrogen-bond donors (Lipinski definition) is 1. The van der Waals surface area contributed by atoms with Gasteiger partial charge in [0.05, 0.1) is 41.6 Å². The van der Waals surface area contributed by atoms with Gasteiger partial charge in [0.1, 0.15) is 17.3 Å². The summed E-state index contributed by atoms with van der Waals surface area (Å²) >= 11 is 3.27. The van der Waals surface area contributed by atoms with Gasteiger partial charge in [-0.3, -0.25) is 4.72 Å². The fraction of sp³-hybridized carbons (Fsp3) is 0.130. The first-order valence-electron chi connectivity index (χ1n) is 9.56. The molecule has 1 N–H and O–H groups in total. The highest BCUT2D eigenvalue weighted by Gasteiger charge is 2.27. The van der Waals surface area contributed by atoms with E-state index in [-0.39, 0.29) is 38.7 Å². The minimum Gasteiger partial charge on any atom is -0.495 e. The van der Waals surface area contributed by atoms with Gasteiger partial charge in [-0.05, 0) is 69.0 Å². The minimum atomic E-state index is -4.22. The molecule has 33 heavy (non-hydrogen) atoms. The Morgan fingerprint density at radius 1 is 1.06 bits per heavy atom. The maximum Gasteiger partial charge on any atom is 0.338 e. The van der Waals surface area contributed by atoms with Crippen molar-refractivity contribution in [1.29, 1.82) is 5.26 Å². The molecule has 1 aliphatic heterocycles. The molecule has 0 aromatic heterocycles. The van der Waals surface area contributed by atoms with Crippen LogP contribution in [0.5, 0.6) is 11.5 Å². The second kappa shape index (κ2) is 8.77. The van der Waals surface area contributed by atoms with E-state index in [4.69, 9.17) is 14.2 Å². The van der Waals surface area contributed by atoms with E-state index in [1.807, 2.05) is 0 Å². The van der Waals surface area contributed by atoms with Crippen LogP contribution >= 0.6 is 15.9 Å². The second-order valence-corrected chi connectivity index (χ2v) is 9.58. The van der Waals surface area contributed by atoms with Crippen molar-refractivity contribution in [3.05, 3.63) is 69.7 Å². The lowest BCUT2D eigenvalue weighted by atomic mass is 9.97. The number of nitrogens with zero attached hydrogens (tertiary/aromatic N) is 1. The normalized spacial score (nSPS) is 14.2. The lowest BCUT2D eigenvalue weighted by Gasteiger charge is -2.16. The van der Waals surface area contributed by atoms with Crippen molar-refractivity contribution in [2.45, 2.75) is 11.5 Å². The van der Waals surface area contributed by atoms with Crippen LogP contribution in [-0.4, -0.2) is 28.6 Å². The summed E-state index contributed by atoms with van der Waals surface area (Å²) in [7, 11) is -1.46. The van der Waals surface area contributed by atoms with Crippen LogP contribution in [0.2, 0.25) is 0 Å². The van der Waals surface area contributed by atoms with Crippen LogP contribution in [0, 0.1) is 11.3 Å². The fourth-order valence-corrected chi connectivity index (χ4v) is 5.54. The molecular formula is C23H17BrN2O6S. The topological polar surface area (TPSA) is 115 Å². The molecule has 0 saturated heterocycles. The number of anilines is 1. The smallest absolute Gasteiger partial charge is 0.338 e. The molecule has 0 amide bonds. The summed E-state index contributed by atoms with van der Waals surface area (Å²) in [6.45, 7) is -0.0829. The minimum absolute atomic E-state index is 0.0242. The van der Waals surface area contributed by atoms with Gasteiger partial charge in [0, 0.05) is 0 Å². The predicted octanol–water partition coefficient (Wildman–Crippen LogP) is 4.48. The highest BCUT2D eigenvalue weighted by Crippen LogP contribution is 2.38. The van der Waals surface area contributed by atoms with Crippen molar-refractivity contribution in [3.8, 4) is 28.7 Å². The Kier molecular flexibility index (Phi) is 6.01. The maximum atomic E-state index is 13.4. The summed E-state index contributed by atoms with van der Waals surface area (Å²) in [4.78, 5) is 12.5. The number of sulfonamides is 1. The standard InChI is InChI=1S/C23H17BrN2O6S/c1-30-20-6-5-14-9-19(20)26-33(28,29)21-10-16(8-18(24)22(21)31-2)23(27)32-12-15-4-3-13(11-25)7-17(14)15/h3-10,26H,12H2,1-2H3.